The number of ether oxygens (including phenoxy) is 1. The Morgan fingerprint density at radius 3 is 2.79 bits per heavy atom. The number of hydrogen-bond donors (Lipinski definition) is 0. The highest BCUT2D eigenvalue weighted by Gasteiger charge is 2.24. The standard InChI is InChI=1S/C12H8BrNO5/c1-18-12(15)9-4-5-19-11(9)8-3-2-7(13)6-10(8)14(16)17/h2-6H,1H3. The van der Waals surface area contributed by atoms with Crippen LogP contribution in [0.25, 0.3) is 11.3 Å². The van der Waals surface area contributed by atoms with Crippen LogP contribution in [0.1, 0.15) is 10.4 Å². The number of nitro groups is 1. The number of rotatable bonds is 3. The first-order valence-corrected chi connectivity index (χ1v) is 5.94. The van der Waals surface area contributed by atoms with E-state index in [1.807, 2.05) is 0 Å². The molecule has 0 spiro atoms. The van der Waals surface area contributed by atoms with Gasteiger partial charge < -0.3 is 9.15 Å². The zero-order chi connectivity index (χ0) is 14.0. The van der Waals surface area contributed by atoms with Gasteiger partial charge in [-0.25, -0.2) is 4.79 Å². The van der Waals surface area contributed by atoms with E-state index in [0.29, 0.717) is 4.47 Å². The Bertz CT molecular complexity index is 649. The van der Waals surface area contributed by atoms with Crippen molar-refractivity contribution in [2.75, 3.05) is 7.11 Å². The smallest absolute Gasteiger partial charge is 0.341 e. The van der Waals surface area contributed by atoms with E-state index in [1.54, 1.807) is 6.07 Å². The van der Waals surface area contributed by atoms with Crippen LogP contribution in [0, 0.1) is 10.1 Å². The molecule has 0 unspecified atom stereocenters. The lowest BCUT2D eigenvalue weighted by Crippen LogP contribution is -2.02. The van der Waals surface area contributed by atoms with E-state index in [0.717, 1.165) is 0 Å². The lowest BCUT2D eigenvalue weighted by molar-refractivity contribution is -0.384. The highest BCUT2D eigenvalue weighted by molar-refractivity contribution is 9.10. The van der Waals surface area contributed by atoms with Gasteiger partial charge in [-0.2, -0.15) is 0 Å². The molecular formula is C12H8BrNO5. The molecule has 98 valence electrons. The summed E-state index contributed by atoms with van der Waals surface area (Å²) in [4.78, 5) is 22.1. The fraction of sp³-hybridized carbons (Fsp3) is 0.0833. The molecule has 1 aromatic carbocycles. The van der Waals surface area contributed by atoms with Gasteiger partial charge >= 0.3 is 5.97 Å². The van der Waals surface area contributed by atoms with E-state index in [1.165, 1.54) is 31.6 Å². The molecule has 0 fully saturated rings. The molecule has 6 nitrogen and oxygen atoms in total. The Kier molecular flexibility index (Phi) is 3.66. The van der Waals surface area contributed by atoms with Crippen LogP contribution >= 0.6 is 15.9 Å². The highest BCUT2D eigenvalue weighted by atomic mass is 79.9. The van der Waals surface area contributed by atoms with E-state index in [2.05, 4.69) is 20.7 Å². The summed E-state index contributed by atoms with van der Waals surface area (Å²) in [5.74, 6) is -0.494. The molecule has 1 heterocycles. The van der Waals surface area contributed by atoms with Crippen LogP contribution in [0.3, 0.4) is 0 Å². The summed E-state index contributed by atoms with van der Waals surface area (Å²) in [7, 11) is 1.23. The molecule has 0 amide bonds. The molecule has 2 rings (SSSR count). The molecule has 0 N–H and O–H groups in total. The van der Waals surface area contributed by atoms with Crippen LogP contribution in [0.5, 0.6) is 0 Å². The summed E-state index contributed by atoms with van der Waals surface area (Å²) >= 11 is 3.16. The van der Waals surface area contributed by atoms with Crippen molar-refractivity contribution >= 4 is 27.6 Å². The topological polar surface area (TPSA) is 82.6 Å². The van der Waals surface area contributed by atoms with Gasteiger partial charge in [0.25, 0.3) is 5.69 Å². The molecule has 0 atom stereocenters. The number of methoxy groups -OCH3 is 1. The number of carbonyl (C=O) groups is 1. The molecule has 0 saturated carbocycles. The van der Waals surface area contributed by atoms with Gasteiger partial charge in [-0.15, -0.1) is 0 Å². The zero-order valence-corrected chi connectivity index (χ0v) is 11.3. The first-order chi connectivity index (χ1) is 9.04. The average molecular weight is 326 g/mol. The third-order valence-corrected chi connectivity index (χ3v) is 2.96. The van der Waals surface area contributed by atoms with Crippen molar-refractivity contribution in [2.45, 2.75) is 0 Å². The first kappa shape index (κ1) is 13.3. The highest BCUT2D eigenvalue weighted by Crippen LogP contribution is 2.35. The second-order valence-electron chi connectivity index (χ2n) is 3.57. The minimum absolute atomic E-state index is 0.117. The van der Waals surface area contributed by atoms with Crippen LogP contribution in [0.15, 0.2) is 39.4 Å². The van der Waals surface area contributed by atoms with Gasteiger partial charge in [0.05, 0.1) is 23.9 Å². The quantitative estimate of drug-likeness (QED) is 0.490. The fourth-order valence-electron chi connectivity index (χ4n) is 1.64. The molecule has 0 bridgehead atoms. The summed E-state index contributed by atoms with van der Waals surface area (Å²) in [6.45, 7) is 0. The third-order valence-electron chi connectivity index (χ3n) is 2.47. The molecule has 0 radical (unpaired) electrons. The normalized spacial score (nSPS) is 10.2. The molecule has 0 saturated heterocycles. The van der Waals surface area contributed by atoms with Crippen molar-refractivity contribution in [3.05, 3.63) is 50.7 Å². The largest absolute Gasteiger partial charge is 0.465 e. The molecule has 19 heavy (non-hydrogen) atoms. The second kappa shape index (κ2) is 5.23. The molecule has 2 aromatic rings. The second-order valence-corrected chi connectivity index (χ2v) is 4.49. The predicted octanol–water partition coefficient (Wildman–Crippen LogP) is 3.40. The maximum Gasteiger partial charge on any atom is 0.341 e. The van der Waals surface area contributed by atoms with E-state index < -0.39 is 10.9 Å². The zero-order valence-electron chi connectivity index (χ0n) is 9.75. The lowest BCUT2D eigenvalue weighted by Gasteiger charge is -2.03. The lowest BCUT2D eigenvalue weighted by atomic mass is 10.1. The van der Waals surface area contributed by atoms with Crippen molar-refractivity contribution < 1.29 is 18.9 Å². The van der Waals surface area contributed by atoms with E-state index in [9.17, 15) is 14.9 Å². The van der Waals surface area contributed by atoms with Crippen LogP contribution in [0.2, 0.25) is 0 Å². The Balaban J connectivity index is 2.63. The number of nitro benzene ring substituents is 1. The molecule has 0 aliphatic heterocycles. The number of halogens is 1. The van der Waals surface area contributed by atoms with Crippen molar-refractivity contribution in [2.24, 2.45) is 0 Å². The molecule has 1 aromatic heterocycles. The maximum atomic E-state index is 11.6. The van der Waals surface area contributed by atoms with Crippen LogP contribution in [0.4, 0.5) is 5.69 Å². The van der Waals surface area contributed by atoms with Gasteiger partial charge in [0.1, 0.15) is 5.56 Å². The van der Waals surface area contributed by atoms with Gasteiger partial charge in [0.2, 0.25) is 0 Å². The van der Waals surface area contributed by atoms with E-state index in [4.69, 9.17) is 4.42 Å². The molecule has 0 aliphatic carbocycles. The monoisotopic (exact) mass is 325 g/mol. The number of esters is 1. The number of hydrogen-bond acceptors (Lipinski definition) is 5. The van der Waals surface area contributed by atoms with Gasteiger partial charge in [-0.3, -0.25) is 10.1 Å². The molecule has 7 heteroatoms. The SMILES string of the molecule is COC(=O)c1ccoc1-c1ccc(Br)cc1[N+](=O)[O-]. The Labute approximate surface area is 116 Å². The third kappa shape index (κ3) is 2.50. The maximum absolute atomic E-state index is 11.6. The van der Waals surface area contributed by atoms with Gasteiger partial charge in [0, 0.05) is 10.5 Å². The van der Waals surface area contributed by atoms with Crippen LogP contribution < -0.4 is 0 Å². The predicted molar refractivity (Wildman–Crippen MR) is 69.8 cm³/mol. The molecule has 0 aliphatic rings. The van der Waals surface area contributed by atoms with Crippen molar-refractivity contribution in [1.29, 1.82) is 0 Å². The van der Waals surface area contributed by atoms with Gasteiger partial charge in [-0.1, -0.05) is 15.9 Å². The fourth-order valence-corrected chi connectivity index (χ4v) is 1.99. The van der Waals surface area contributed by atoms with Gasteiger partial charge in [-0.05, 0) is 18.2 Å². The van der Waals surface area contributed by atoms with Crippen molar-refractivity contribution in [3.63, 3.8) is 0 Å². The Morgan fingerprint density at radius 2 is 2.16 bits per heavy atom. The van der Waals surface area contributed by atoms with Crippen LogP contribution in [-0.2, 0) is 4.74 Å². The Hall–Kier alpha value is -2.15. The Morgan fingerprint density at radius 1 is 1.42 bits per heavy atom. The van der Waals surface area contributed by atoms with E-state index in [-0.39, 0.29) is 22.6 Å². The van der Waals surface area contributed by atoms with Crippen molar-refractivity contribution in [1.82, 2.24) is 0 Å². The minimum Gasteiger partial charge on any atom is -0.465 e. The minimum atomic E-state index is -0.610. The number of furan rings is 1. The first-order valence-electron chi connectivity index (χ1n) is 5.14. The van der Waals surface area contributed by atoms with Crippen molar-refractivity contribution in [3.8, 4) is 11.3 Å². The average Bonchev–Trinajstić information content (AvgIpc) is 2.86. The summed E-state index contributed by atoms with van der Waals surface area (Å²) in [6, 6.07) is 5.89. The number of carbonyl (C=O) groups excluding carboxylic acids is 1. The van der Waals surface area contributed by atoms with Crippen LogP contribution in [-0.4, -0.2) is 18.0 Å². The summed E-state index contributed by atoms with van der Waals surface area (Å²) in [6.07, 6.45) is 1.29. The summed E-state index contributed by atoms with van der Waals surface area (Å²) in [5, 5.41) is 11.0. The summed E-state index contributed by atoms with van der Waals surface area (Å²) in [5.41, 5.74) is 0.209. The van der Waals surface area contributed by atoms with E-state index >= 15 is 0 Å². The number of nitrogens with zero attached hydrogens (tertiary/aromatic N) is 1. The van der Waals surface area contributed by atoms with Gasteiger partial charge in [0.15, 0.2) is 5.76 Å². The summed E-state index contributed by atoms with van der Waals surface area (Å²) < 4.78 is 10.4. The number of benzene rings is 1. The molecular weight excluding hydrogens is 318 g/mol.